The quantitative estimate of drug-likeness (QED) is 0.326. The van der Waals surface area contributed by atoms with Crippen LogP contribution in [0.25, 0.3) is 22.0 Å². The van der Waals surface area contributed by atoms with E-state index < -0.39 is 0 Å². The summed E-state index contributed by atoms with van der Waals surface area (Å²) >= 11 is 1.11. The lowest BCUT2D eigenvalue weighted by Crippen LogP contribution is -2.14. The number of thioether (sulfide) groups is 1. The number of nitrogens with zero attached hydrogens (tertiary/aromatic N) is 3. The number of anilines is 2. The molecule has 4 N–H and O–H groups in total. The Morgan fingerprint density at radius 3 is 2.53 bits per heavy atom. The molecular weight excluding hydrogens is 444 g/mol. The SMILES string of the molecule is CC(C)c1ccc(-c2c(C#N)c(N)nc(SCC(=O)Nc3ccc4cc[nH]c4c3)c2C#N)cc1. The van der Waals surface area contributed by atoms with Gasteiger partial charge in [-0.15, -0.1) is 0 Å². The molecule has 7 nitrogen and oxygen atoms in total. The van der Waals surface area contributed by atoms with Crippen molar-refractivity contribution in [3.63, 3.8) is 0 Å². The molecular formula is C26H22N6OS. The molecule has 34 heavy (non-hydrogen) atoms. The van der Waals surface area contributed by atoms with Gasteiger partial charge in [-0.05, 0) is 40.6 Å². The van der Waals surface area contributed by atoms with Gasteiger partial charge in [-0.1, -0.05) is 55.9 Å². The van der Waals surface area contributed by atoms with E-state index in [0.717, 1.165) is 28.2 Å². The minimum absolute atomic E-state index is 0.0293. The van der Waals surface area contributed by atoms with E-state index in [-0.39, 0.29) is 28.6 Å². The van der Waals surface area contributed by atoms with Gasteiger partial charge in [0.15, 0.2) is 0 Å². The number of pyridine rings is 1. The average molecular weight is 467 g/mol. The van der Waals surface area contributed by atoms with Crippen molar-refractivity contribution < 1.29 is 4.79 Å². The Hall–Kier alpha value is -4.27. The summed E-state index contributed by atoms with van der Waals surface area (Å²) in [6.45, 7) is 4.19. The first-order valence-electron chi connectivity index (χ1n) is 10.6. The lowest BCUT2D eigenvalue weighted by atomic mass is 9.94. The van der Waals surface area contributed by atoms with E-state index >= 15 is 0 Å². The molecule has 0 aliphatic rings. The molecule has 4 rings (SSSR count). The van der Waals surface area contributed by atoms with Gasteiger partial charge in [-0.3, -0.25) is 4.79 Å². The number of hydrogen-bond donors (Lipinski definition) is 3. The summed E-state index contributed by atoms with van der Waals surface area (Å²) < 4.78 is 0. The topological polar surface area (TPSA) is 131 Å². The maximum Gasteiger partial charge on any atom is 0.234 e. The van der Waals surface area contributed by atoms with Gasteiger partial charge in [-0.2, -0.15) is 10.5 Å². The number of fused-ring (bicyclic) bond motifs is 1. The molecule has 8 heteroatoms. The molecule has 2 aromatic heterocycles. The summed E-state index contributed by atoms with van der Waals surface area (Å²) in [6, 6.07) is 19.5. The highest BCUT2D eigenvalue weighted by molar-refractivity contribution is 8.00. The third kappa shape index (κ3) is 4.59. The number of nitrogens with two attached hydrogens (primary N) is 1. The van der Waals surface area contributed by atoms with Crippen LogP contribution in [-0.4, -0.2) is 21.6 Å². The summed E-state index contributed by atoms with van der Waals surface area (Å²) in [5.41, 5.74) is 10.3. The largest absolute Gasteiger partial charge is 0.383 e. The van der Waals surface area contributed by atoms with Gasteiger partial charge in [0.05, 0.1) is 11.3 Å². The molecule has 0 spiro atoms. The lowest BCUT2D eigenvalue weighted by molar-refractivity contribution is -0.113. The molecule has 0 saturated carbocycles. The van der Waals surface area contributed by atoms with Gasteiger partial charge in [0, 0.05) is 23.0 Å². The average Bonchev–Trinajstić information content (AvgIpc) is 3.30. The predicted molar refractivity (Wildman–Crippen MR) is 135 cm³/mol. The normalized spacial score (nSPS) is 10.7. The number of nitrogen functional groups attached to an aromatic ring is 1. The maximum atomic E-state index is 12.6. The van der Waals surface area contributed by atoms with E-state index in [1.807, 2.05) is 54.7 Å². The van der Waals surface area contributed by atoms with Crippen molar-refractivity contribution in [1.29, 1.82) is 10.5 Å². The first-order valence-corrected chi connectivity index (χ1v) is 11.6. The highest BCUT2D eigenvalue weighted by Gasteiger charge is 2.21. The van der Waals surface area contributed by atoms with Crippen LogP contribution in [0.3, 0.4) is 0 Å². The number of aromatic amines is 1. The molecule has 0 radical (unpaired) electrons. The van der Waals surface area contributed by atoms with Crippen molar-refractivity contribution in [2.24, 2.45) is 0 Å². The molecule has 0 bridgehead atoms. The van der Waals surface area contributed by atoms with Crippen LogP contribution >= 0.6 is 11.8 Å². The zero-order valence-electron chi connectivity index (χ0n) is 18.7. The van der Waals surface area contributed by atoms with Crippen LogP contribution in [0.2, 0.25) is 0 Å². The second-order valence-corrected chi connectivity index (χ2v) is 9.01. The number of amides is 1. The van der Waals surface area contributed by atoms with Crippen molar-refractivity contribution in [1.82, 2.24) is 9.97 Å². The molecule has 0 aliphatic heterocycles. The van der Waals surface area contributed by atoms with E-state index in [0.29, 0.717) is 27.8 Å². The Bertz CT molecular complexity index is 1460. The monoisotopic (exact) mass is 466 g/mol. The smallest absolute Gasteiger partial charge is 0.234 e. The van der Waals surface area contributed by atoms with Crippen molar-refractivity contribution in [2.75, 3.05) is 16.8 Å². The highest BCUT2D eigenvalue weighted by atomic mass is 32.2. The van der Waals surface area contributed by atoms with E-state index in [9.17, 15) is 15.3 Å². The van der Waals surface area contributed by atoms with Crippen molar-refractivity contribution in [3.8, 4) is 23.3 Å². The molecule has 2 aromatic carbocycles. The Balaban J connectivity index is 1.61. The van der Waals surface area contributed by atoms with E-state index in [1.165, 1.54) is 0 Å². The number of hydrogen-bond acceptors (Lipinski definition) is 6. The van der Waals surface area contributed by atoms with Crippen LogP contribution in [-0.2, 0) is 4.79 Å². The third-order valence-electron chi connectivity index (χ3n) is 5.46. The number of H-pyrrole nitrogens is 1. The number of carbonyl (C=O) groups is 1. The van der Waals surface area contributed by atoms with Gasteiger partial charge < -0.3 is 16.0 Å². The summed E-state index contributed by atoms with van der Waals surface area (Å²) in [5, 5.41) is 23.9. The lowest BCUT2D eigenvalue weighted by Gasteiger charge is -2.14. The Morgan fingerprint density at radius 2 is 1.85 bits per heavy atom. The molecule has 0 unspecified atom stereocenters. The second-order valence-electron chi connectivity index (χ2n) is 8.04. The highest BCUT2D eigenvalue weighted by Crippen LogP contribution is 2.36. The van der Waals surface area contributed by atoms with Crippen molar-refractivity contribution >= 4 is 40.1 Å². The Kier molecular flexibility index (Phi) is 6.53. The minimum Gasteiger partial charge on any atom is -0.383 e. The van der Waals surface area contributed by atoms with Gasteiger partial charge >= 0.3 is 0 Å². The molecule has 0 fully saturated rings. The molecule has 0 aliphatic carbocycles. The van der Waals surface area contributed by atoms with Crippen molar-refractivity contribution in [2.45, 2.75) is 24.8 Å². The standard InChI is InChI=1S/C26H22N6OS/c1-15(2)16-3-5-18(6-4-16)24-20(12-27)25(29)32-26(21(24)13-28)34-14-23(33)31-19-8-7-17-9-10-30-22(17)11-19/h3-11,15,30H,14H2,1-2H3,(H2,29,32)(H,31,33). The summed E-state index contributed by atoms with van der Waals surface area (Å²) in [4.78, 5) is 20.0. The van der Waals surface area contributed by atoms with Gasteiger partial charge in [0.2, 0.25) is 5.91 Å². The number of nitrogens with one attached hydrogen (secondary N) is 2. The summed E-state index contributed by atoms with van der Waals surface area (Å²) in [5.74, 6) is 0.170. The molecule has 1 amide bonds. The molecule has 168 valence electrons. The van der Waals surface area contributed by atoms with Gasteiger partial charge in [0.1, 0.15) is 28.5 Å². The molecule has 0 atom stereocenters. The zero-order chi connectivity index (χ0) is 24.2. The van der Waals surface area contributed by atoms with Crippen molar-refractivity contribution in [3.05, 3.63) is 71.4 Å². The van der Waals surface area contributed by atoms with Crippen LogP contribution < -0.4 is 11.1 Å². The fourth-order valence-corrected chi connectivity index (χ4v) is 4.48. The summed E-state index contributed by atoms with van der Waals surface area (Å²) in [7, 11) is 0. The number of aromatic nitrogens is 2. The summed E-state index contributed by atoms with van der Waals surface area (Å²) in [6.07, 6.45) is 1.84. The number of rotatable bonds is 6. The van der Waals surface area contributed by atoms with E-state index in [4.69, 9.17) is 5.73 Å². The molecule has 2 heterocycles. The first kappa shape index (κ1) is 22.9. The van der Waals surface area contributed by atoms with Crippen LogP contribution in [0, 0.1) is 22.7 Å². The second kappa shape index (κ2) is 9.70. The fraction of sp³-hybridized carbons (Fsp3) is 0.154. The number of carbonyl (C=O) groups excluding carboxylic acids is 1. The van der Waals surface area contributed by atoms with Gasteiger partial charge in [-0.25, -0.2) is 4.98 Å². The van der Waals surface area contributed by atoms with Crippen LogP contribution in [0.4, 0.5) is 11.5 Å². The van der Waals surface area contributed by atoms with Gasteiger partial charge in [0.25, 0.3) is 0 Å². The molecule has 0 saturated heterocycles. The third-order valence-corrected chi connectivity index (χ3v) is 6.44. The maximum absolute atomic E-state index is 12.6. The Morgan fingerprint density at radius 1 is 1.12 bits per heavy atom. The zero-order valence-corrected chi connectivity index (χ0v) is 19.5. The number of nitriles is 2. The van der Waals surface area contributed by atoms with Crippen LogP contribution in [0.15, 0.2) is 59.8 Å². The van der Waals surface area contributed by atoms with Crippen LogP contribution in [0.1, 0.15) is 36.5 Å². The Labute approximate surface area is 201 Å². The van der Waals surface area contributed by atoms with E-state index in [2.05, 4.69) is 41.3 Å². The predicted octanol–water partition coefficient (Wildman–Crippen LogP) is 5.41. The first-order chi connectivity index (χ1) is 16.4. The minimum atomic E-state index is -0.243. The van der Waals surface area contributed by atoms with E-state index in [1.54, 1.807) is 0 Å². The van der Waals surface area contributed by atoms with Crippen LogP contribution in [0.5, 0.6) is 0 Å². The number of benzene rings is 2. The fourth-order valence-electron chi connectivity index (χ4n) is 3.68. The molecule has 4 aromatic rings.